The number of fused-ring (bicyclic) bond motifs is 1. The number of carboxylic acid groups (broad SMARTS) is 1. The third-order valence-electron chi connectivity index (χ3n) is 5.06. The van der Waals surface area contributed by atoms with E-state index in [4.69, 9.17) is 4.74 Å². The Kier molecular flexibility index (Phi) is 6.69. The summed E-state index contributed by atoms with van der Waals surface area (Å²) in [6, 6.07) is 15.5. The number of carboxylic acids is 1. The molecular formula is C24H17BrN4O6. The van der Waals surface area contributed by atoms with Crippen LogP contribution in [0.1, 0.15) is 27.3 Å². The van der Waals surface area contributed by atoms with Crippen molar-refractivity contribution in [3.63, 3.8) is 0 Å². The first-order valence-corrected chi connectivity index (χ1v) is 11.0. The van der Waals surface area contributed by atoms with E-state index in [9.17, 15) is 24.8 Å². The Labute approximate surface area is 206 Å². The zero-order chi connectivity index (χ0) is 25.1. The number of hydrogen-bond acceptors (Lipinski definition) is 7. The van der Waals surface area contributed by atoms with Crippen LogP contribution in [0.2, 0.25) is 0 Å². The first kappa shape index (κ1) is 23.8. The summed E-state index contributed by atoms with van der Waals surface area (Å²) in [6.45, 7) is 1.51. The average molecular weight is 537 g/mol. The number of para-hydroxylation sites is 1. The van der Waals surface area contributed by atoms with Gasteiger partial charge in [-0.15, -0.1) is 0 Å². The number of nitro groups is 1. The summed E-state index contributed by atoms with van der Waals surface area (Å²) in [7, 11) is 0. The number of benzene rings is 3. The second kappa shape index (κ2) is 9.85. The molecule has 1 N–H and O–H groups in total. The van der Waals surface area contributed by atoms with Crippen molar-refractivity contribution in [2.75, 3.05) is 0 Å². The quantitative estimate of drug-likeness (QED) is 0.208. The molecule has 0 atom stereocenters. The Morgan fingerprint density at radius 2 is 2.00 bits per heavy atom. The molecule has 4 aromatic rings. The van der Waals surface area contributed by atoms with Crippen LogP contribution in [0.15, 0.2) is 75.0 Å². The van der Waals surface area contributed by atoms with E-state index in [-0.39, 0.29) is 29.2 Å². The molecule has 0 unspecified atom stereocenters. The average Bonchev–Trinajstić information content (AvgIpc) is 2.83. The lowest BCUT2D eigenvalue weighted by Gasteiger charge is -2.10. The Morgan fingerprint density at radius 1 is 1.23 bits per heavy atom. The molecule has 0 radical (unpaired) electrons. The van der Waals surface area contributed by atoms with Crippen molar-refractivity contribution in [2.45, 2.75) is 13.5 Å². The Bertz CT molecular complexity index is 1560. The molecule has 0 bridgehead atoms. The second-order valence-electron chi connectivity index (χ2n) is 7.43. The molecule has 0 aliphatic heterocycles. The van der Waals surface area contributed by atoms with E-state index in [0.717, 1.165) is 4.68 Å². The van der Waals surface area contributed by atoms with Gasteiger partial charge in [0.25, 0.3) is 5.56 Å². The molecule has 0 aliphatic carbocycles. The molecule has 0 saturated heterocycles. The number of halogens is 1. The van der Waals surface area contributed by atoms with Crippen LogP contribution < -0.4 is 10.3 Å². The van der Waals surface area contributed by atoms with Crippen LogP contribution in [0, 0.1) is 17.0 Å². The first-order valence-electron chi connectivity index (χ1n) is 10.2. The number of nitro benzene ring substituents is 1. The second-order valence-corrected chi connectivity index (χ2v) is 8.34. The molecule has 0 spiro atoms. The fraction of sp³-hybridized carbons (Fsp3) is 0.0833. The van der Waals surface area contributed by atoms with Crippen molar-refractivity contribution in [1.29, 1.82) is 0 Å². The van der Waals surface area contributed by atoms with Gasteiger partial charge < -0.3 is 9.84 Å². The minimum Gasteiger partial charge on any atom is -0.481 e. The molecule has 1 aromatic heterocycles. The highest BCUT2D eigenvalue weighted by atomic mass is 79.9. The van der Waals surface area contributed by atoms with E-state index in [0.29, 0.717) is 26.8 Å². The van der Waals surface area contributed by atoms with Gasteiger partial charge in [-0.3, -0.25) is 14.9 Å². The fourth-order valence-corrected chi connectivity index (χ4v) is 3.77. The highest BCUT2D eigenvalue weighted by Gasteiger charge is 2.19. The molecule has 11 heteroatoms. The molecule has 3 aromatic carbocycles. The molecule has 0 fully saturated rings. The molecule has 35 heavy (non-hydrogen) atoms. The van der Waals surface area contributed by atoms with Crippen LogP contribution in [0.5, 0.6) is 5.75 Å². The molecule has 1 heterocycles. The third kappa shape index (κ3) is 5.09. The number of aryl methyl sites for hydroxylation is 1. The van der Waals surface area contributed by atoms with Gasteiger partial charge in [0.15, 0.2) is 0 Å². The van der Waals surface area contributed by atoms with E-state index in [1.54, 1.807) is 43.3 Å². The SMILES string of the molecule is Cc1nc2ccc(Br)cc2c(=O)n1N=Cc1cccc([N+](=O)[O-])c1OCc1cccc(C(=O)O)c1. The van der Waals surface area contributed by atoms with Crippen LogP contribution in [-0.4, -0.2) is 31.9 Å². The molecule has 0 aliphatic rings. The number of hydrogen-bond donors (Lipinski definition) is 1. The first-order chi connectivity index (χ1) is 16.7. The summed E-state index contributed by atoms with van der Waals surface area (Å²) in [6.07, 6.45) is 1.29. The van der Waals surface area contributed by atoms with Gasteiger partial charge in [0.05, 0.1) is 27.6 Å². The smallest absolute Gasteiger partial charge is 0.335 e. The maximum absolute atomic E-state index is 13.0. The Morgan fingerprint density at radius 3 is 2.74 bits per heavy atom. The van der Waals surface area contributed by atoms with Crippen LogP contribution in [0.4, 0.5) is 5.69 Å². The lowest BCUT2D eigenvalue weighted by atomic mass is 10.1. The number of aromatic nitrogens is 2. The van der Waals surface area contributed by atoms with Gasteiger partial charge in [-0.1, -0.05) is 34.1 Å². The number of ether oxygens (including phenoxy) is 1. The van der Waals surface area contributed by atoms with Gasteiger partial charge in [-0.2, -0.15) is 9.78 Å². The van der Waals surface area contributed by atoms with Crippen molar-refractivity contribution in [1.82, 2.24) is 9.66 Å². The summed E-state index contributed by atoms with van der Waals surface area (Å²) in [5.74, 6) is -0.828. The van der Waals surface area contributed by atoms with Crippen LogP contribution in [0.25, 0.3) is 10.9 Å². The minimum absolute atomic E-state index is 0.0656. The van der Waals surface area contributed by atoms with Gasteiger partial charge >= 0.3 is 11.7 Å². The van der Waals surface area contributed by atoms with Crippen LogP contribution >= 0.6 is 15.9 Å². The maximum Gasteiger partial charge on any atom is 0.335 e. The van der Waals surface area contributed by atoms with Crippen LogP contribution in [0.3, 0.4) is 0 Å². The van der Waals surface area contributed by atoms with Crippen molar-refractivity contribution >= 4 is 44.7 Å². The number of carbonyl (C=O) groups is 1. The summed E-state index contributed by atoms with van der Waals surface area (Å²) in [5.41, 5.74) is 0.666. The van der Waals surface area contributed by atoms with Gasteiger partial charge in [-0.05, 0) is 48.9 Å². The summed E-state index contributed by atoms with van der Waals surface area (Å²) in [5, 5.41) is 25.4. The van der Waals surface area contributed by atoms with E-state index < -0.39 is 16.5 Å². The monoisotopic (exact) mass is 536 g/mol. The number of rotatable bonds is 7. The van der Waals surface area contributed by atoms with Crippen molar-refractivity contribution < 1.29 is 19.6 Å². The van der Waals surface area contributed by atoms with E-state index in [1.165, 1.54) is 30.5 Å². The predicted molar refractivity (Wildman–Crippen MR) is 132 cm³/mol. The molecule has 0 saturated carbocycles. The number of aromatic carboxylic acids is 1. The van der Waals surface area contributed by atoms with Crippen LogP contribution in [-0.2, 0) is 6.61 Å². The summed E-state index contributed by atoms with van der Waals surface area (Å²) < 4.78 is 7.57. The zero-order valence-corrected chi connectivity index (χ0v) is 19.8. The van der Waals surface area contributed by atoms with Gasteiger partial charge in [0.1, 0.15) is 12.4 Å². The normalized spacial score (nSPS) is 11.1. The maximum atomic E-state index is 13.0. The highest BCUT2D eigenvalue weighted by Crippen LogP contribution is 2.31. The standard InChI is InChI=1S/C24H17BrN4O6/c1-14-27-20-9-8-18(25)11-19(20)23(30)28(14)26-12-17-6-3-7-21(29(33)34)22(17)35-13-15-4-2-5-16(10-15)24(31)32/h2-12H,13H2,1H3,(H,31,32). The number of nitrogens with zero attached hydrogens (tertiary/aromatic N) is 4. The predicted octanol–water partition coefficient (Wildman–Crippen LogP) is 4.54. The molecule has 4 rings (SSSR count). The van der Waals surface area contributed by atoms with Crippen molar-refractivity contribution in [3.05, 3.63) is 108 Å². The van der Waals surface area contributed by atoms with Crippen molar-refractivity contribution in [3.8, 4) is 5.75 Å². The Balaban J connectivity index is 1.73. The molecular weight excluding hydrogens is 520 g/mol. The van der Waals surface area contributed by atoms with Gasteiger partial charge in [0, 0.05) is 16.1 Å². The zero-order valence-electron chi connectivity index (χ0n) is 18.2. The Hall–Kier alpha value is -4.38. The largest absolute Gasteiger partial charge is 0.481 e. The topological polar surface area (TPSA) is 137 Å². The lowest BCUT2D eigenvalue weighted by molar-refractivity contribution is -0.385. The van der Waals surface area contributed by atoms with E-state index in [2.05, 4.69) is 26.0 Å². The molecule has 10 nitrogen and oxygen atoms in total. The van der Waals surface area contributed by atoms with Gasteiger partial charge in [0.2, 0.25) is 5.75 Å². The molecule has 0 amide bonds. The highest BCUT2D eigenvalue weighted by molar-refractivity contribution is 9.10. The molecule has 176 valence electrons. The minimum atomic E-state index is -1.10. The van der Waals surface area contributed by atoms with E-state index in [1.807, 2.05) is 0 Å². The fourth-order valence-electron chi connectivity index (χ4n) is 3.41. The van der Waals surface area contributed by atoms with E-state index >= 15 is 0 Å². The summed E-state index contributed by atoms with van der Waals surface area (Å²) >= 11 is 3.34. The third-order valence-corrected chi connectivity index (χ3v) is 5.55. The lowest BCUT2D eigenvalue weighted by Crippen LogP contribution is -2.20. The van der Waals surface area contributed by atoms with Crippen molar-refractivity contribution in [2.24, 2.45) is 5.10 Å². The van der Waals surface area contributed by atoms with Gasteiger partial charge in [-0.25, -0.2) is 9.78 Å². The summed E-state index contributed by atoms with van der Waals surface area (Å²) in [4.78, 5) is 39.6.